The SMILES string of the molecule is CC/C=C\C/C=C\C/C=C\C/C=C\C/C=C\C/C=C\CCCCCCCCCCCCCCCCCCC(=O)NC(COP(=O)([O-])OCC[N+](C)(C)C)C(O)CCCCCCCCCCCCCCC. The summed E-state index contributed by atoms with van der Waals surface area (Å²) in [5, 5.41) is 14.0. The van der Waals surface area contributed by atoms with Gasteiger partial charge in [-0.05, 0) is 64.2 Å². The maximum Gasteiger partial charge on any atom is 0.268 e. The second-order valence-corrected chi connectivity index (χ2v) is 22.4. The molecule has 2 N–H and O–H groups in total. The van der Waals surface area contributed by atoms with E-state index in [-0.39, 0.29) is 19.1 Å². The van der Waals surface area contributed by atoms with Gasteiger partial charge in [0, 0.05) is 6.42 Å². The van der Waals surface area contributed by atoms with Gasteiger partial charge in [0.2, 0.25) is 5.91 Å². The Morgan fingerprint density at radius 2 is 0.871 bits per heavy atom. The smallest absolute Gasteiger partial charge is 0.268 e. The molecule has 3 atom stereocenters. The van der Waals surface area contributed by atoms with Crippen LogP contribution in [-0.4, -0.2) is 68.5 Å². The number of aliphatic hydroxyl groups is 1. The Kier molecular flexibility index (Phi) is 50.3. The van der Waals surface area contributed by atoms with E-state index < -0.39 is 20.0 Å². The predicted molar refractivity (Wildman–Crippen MR) is 302 cm³/mol. The summed E-state index contributed by atoms with van der Waals surface area (Å²) in [6.07, 6.45) is 70.8. The Balaban J connectivity index is 4.00. The predicted octanol–water partition coefficient (Wildman–Crippen LogP) is 17.2. The summed E-state index contributed by atoms with van der Waals surface area (Å²) < 4.78 is 23.4. The zero-order valence-electron chi connectivity index (χ0n) is 46.5. The van der Waals surface area contributed by atoms with Crippen molar-refractivity contribution in [3.05, 3.63) is 72.9 Å². The number of hydrogen-bond acceptors (Lipinski definition) is 6. The van der Waals surface area contributed by atoms with E-state index >= 15 is 0 Å². The molecule has 9 heteroatoms. The number of hydrogen-bond donors (Lipinski definition) is 2. The highest BCUT2D eigenvalue weighted by Gasteiger charge is 2.24. The first-order valence-electron chi connectivity index (χ1n) is 29.3. The molecule has 0 aliphatic heterocycles. The van der Waals surface area contributed by atoms with Crippen molar-refractivity contribution in [1.82, 2.24) is 5.32 Å². The molecule has 1 amide bonds. The molecule has 0 saturated heterocycles. The molecular formula is C61H113N2O6P. The topological polar surface area (TPSA) is 108 Å². The third-order valence-corrected chi connectivity index (χ3v) is 13.9. The molecule has 0 fully saturated rings. The van der Waals surface area contributed by atoms with Crippen LogP contribution in [0.1, 0.15) is 258 Å². The summed E-state index contributed by atoms with van der Waals surface area (Å²) in [4.78, 5) is 25.5. The van der Waals surface area contributed by atoms with Crippen LogP contribution in [0.5, 0.6) is 0 Å². The van der Waals surface area contributed by atoms with Gasteiger partial charge in [0.15, 0.2) is 0 Å². The Labute approximate surface area is 434 Å². The molecule has 0 aliphatic carbocycles. The van der Waals surface area contributed by atoms with Crippen LogP contribution in [0, 0.1) is 0 Å². The lowest BCUT2D eigenvalue weighted by atomic mass is 10.0. The van der Waals surface area contributed by atoms with Crippen LogP contribution >= 0.6 is 7.82 Å². The minimum Gasteiger partial charge on any atom is -0.756 e. The van der Waals surface area contributed by atoms with Crippen molar-refractivity contribution in [1.29, 1.82) is 0 Å². The van der Waals surface area contributed by atoms with Gasteiger partial charge < -0.3 is 28.8 Å². The molecule has 0 bridgehead atoms. The van der Waals surface area contributed by atoms with Gasteiger partial charge in [-0.15, -0.1) is 0 Å². The molecule has 0 aromatic carbocycles. The minimum absolute atomic E-state index is 0.0112. The Bertz CT molecular complexity index is 1370. The van der Waals surface area contributed by atoms with Gasteiger partial charge in [-0.25, -0.2) is 0 Å². The molecule has 3 unspecified atom stereocenters. The lowest BCUT2D eigenvalue weighted by molar-refractivity contribution is -0.870. The molecule has 0 spiro atoms. The second-order valence-electron chi connectivity index (χ2n) is 21.0. The van der Waals surface area contributed by atoms with Gasteiger partial charge in [0.05, 0.1) is 39.9 Å². The standard InChI is InChI=1S/C61H113N2O6P/c1-6-8-10-12-14-16-18-20-21-22-23-24-25-26-27-28-29-30-31-32-33-34-35-36-37-38-39-40-41-43-45-47-49-51-53-55-61(65)62-59(58-69-70(66,67)68-57-56-63(3,4)5)60(64)54-52-50-48-46-44-42-19-17-15-13-11-9-7-2/h8,10,14,16,20-21,23-24,26-27,29-30,59-60,64H,6-7,9,11-13,15,17-19,22,25,28,31-58H2,1-5H3,(H-,62,65,66,67)/b10-8-,16-14-,21-20-,24-23-,27-26-,30-29-. The maximum absolute atomic E-state index is 13.0. The number of unbranched alkanes of at least 4 members (excludes halogenated alkanes) is 28. The summed E-state index contributed by atoms with van der Waals surface area (Å²) in [5.41, 5.74) is 0. The van der Waals surface area contributed by atoms with Crippen molar-refractivity contribution < 1.29 is 32.9 Å². The monoisotopic (exact) mass is 1000 g/mol. The van der Waals surface area contributed by atoms with Gasteiger partial charge >= 0.3 is 0 Å². The summed E-state index contributed by atoms with van der Waals surface area (Å²) in [5.74, 6) is -0.165. The van der Waals surface area contributed by atoms with Crippen LogP contribution in [0.4, 0.5) is 0 Å². The molecular weight excluding hydrogens is 888 g/mol. The minimum atomic E-state index is -4.57. The number of carbonyl (C=O) groups excluding carboxylic acids is 1. The van der Waals surface area contributed by atoms with Crippen LogP contribution in [0.25, 0.3) is 0 Å². The highest BCUT2D eigenvalue weighted by atomic mass is 31.2. The normalized spacial score (nSPS) is 14.4. The van der Waals surface area contributed by atoms with Gasteiger partial charge in [0.1, 0.15) is 13.2 Å². The number of allylic oxidation sites excluding steroid dienone is 12. The highest BCUT2D eigenvalue weighted by Crippen LogP contribution is 2.38. The van der Waals surface area contributed by atoms with E-state index in [0.29, 0.717) is 23.9 Å². The summed E-state index contributed by atoms with van der Waals surface area (Å²) in [6.45, 7) is 4.61. The zero-order chi connectivity index (χ0) is 51.3. The van der Waals surface area contributed by atoms with Crippen LogP contribution in [-0.2, 0) is 18.4 Å². The fourth-order valence-electron chi connectivity index (χ4n) is 8.40. The Hall–Kier alpha value is -2.06. The zero-order valence-corrected chi connectivity index (χ0v) is 47.4. The molecule has 0 aromatic heterocycles. The number of rotatable bonds is 53. The number of nitrogens with zero attached hydrogens (tertiary/aromatic N) is 1. The van der Waals surface area contributed by atoms with Crippen molar-refractivity contribution in [2.45, 2.75) is 270 Å². The number of aliphatic hydroxyl groups excluding tert-OH is 1. The van der Waals surface area contributed by atoms with Crippen molar-refractivity contribution in [2.75, 3.05) is 40.9 Å². The van der Waals surface area contributed by atoms with Gasteiger partial charge in [0.25, 0.3) is 7.82 Å². The summed E-state index contributed by atoms with van der Waals surface area (Å²) >= 11 is 0. The van der Waals surface area contributed by atoms with Gasteiger partial charge in [-0.1, -0.05) is 260 Å². The molecule has 0 aliphatic rings. The molecule has 0 saturated carbocycles. The Morgan fingerprint density at radius 1 is 0.514 bits per heavy atom. The van der Waals surface area contributed by atoms with Gasteiger partial charge in [-0.2, -0.15) is 0 Å². The summed E-state index contributed by atoms with van der Waals surface area (Å²) in [7, 11) is 1.31. The highest BCUT2D eigenvalue weighted by molar-refractivity contribution is 7.45. The first-order chi connectivity index (χ1) is 34.0. The maximum atomic E-state index is 13.0. The van der Waals surface area contributed by atoms with Gasteiger partial charge in [-0.3, -0.25) is 9.36 Å². The number of likely N-dealkylation sites (N-methyl/N-ethyl adjacent to an activating group) is 1. The molecule has 0 radical (unpaired) electrons. The molecule has 0 heterocycles. The Morgan fingerprint density at radius 3 is 1.27 bits per heavy atom. The second kappa shape index (κ2) is 51.8. The van der Waals surface area contributed by atoms with Crippen molar-refractivity contribution in [2.24, 2.45) is 0 Å². The van der Waals surface area contributed by atoms with Crippen molar-refractivity contribution in [3.63, 3.8) is 0 Å². The van der Waals surface area contributed by atoms with E-state index in [0.717, 1.165) is 77.0 Å². The van der Waals surface area contributed by atoms with Crippen LogP contribution in [0.15, 0.2) is 72.9 Å². The largest absolute Gasteiger partial charge is 0.756 e. The number of phosphoric ester groups is 1. The van der Waals surface area contributed by atoms with Crippen molar-refractivity contribution in [3.8, 4) is 0 Å². The van der Waals surface area contributed by atoms with Crippen molar-refractivity contribution >= 4 is 13.7 Å². The third kappa shape index (κ3) is 53.7. The quantitative estimate of drug-likeness (QED) is 0.0272. The molecule has 408 valence electrons. The average molecular weight is 1000 g/mol. The number of quaternary nitrogens is 1. The van der Waals surface area contributed by atoms with E-state index in [4.69, 9.17) is 9.05 Å². The fraction of sp³-hybridized carbons (Fsp3) is 0.787. The number of phosphoric acid groups is 1. The number of nitrogens with one attached hydrogen (secondary N) is 1. The third-order valence-electron chi connectivity index (χ3n) is 13.0. The number of amides is 1. The average Bonchev–Trinajstić information content (AvgIpc) is 3.32. The number of carbonyl (C=O) groups is 1. The lowest BCUT2D eigenvalue weighted by Crippen LogP contribution is -2.46. The van der Waals surface area contributed by atoms with E-state index in [9.17, 15) is 19.4 Å². The van der Waals surface area contributed by atoms with E-state index in [1.54, 1.807) is 0 Å². The summed E-state index contributed by atoms with van der Waals surface area (Å²) in [6, 6.07) is -0.802. The van der Waals surface area contributed by atoms with Crippen LogP contribution in [0.2, 0.25) is 0 Å². The van der Waals surface area contributed by atoms with Crippen LogP contribution in [0.3, 0.4) is 0 Å². The lowest BCUT2D eigenvalue weighted by Gasteiger charge is -2.30. The first-order valence-corrected chi connectivity index (χ1v) is 30.7. The molecule has 0 rings (SSSR count). The van der Waals surface area contributed by atoms with E-state index in [1.807, 2.05) is 21.1 Å². The molecule has 8 nitrogen and oxygen atoms in total. The molecule has 70 heavy (non-hydrogen) atoms. The van der Waals surface area contributed by atoms with E-state index in [1.165, 1.54) is 154 Å². The van der Waals surface area contributed by atoms with E-state index in [2.05, 4.69) is 92.1 Å². The fourth-order valence-corrected chi connectivity index (χ4v) is 9.12. The molecule has 0 aromatic rings. The van der Waals surface area contributed by atoms with Crippen LogP contribution < -0.4 is 10.2 Å². The first kappa shape index (κ1) is 67.9.